The molecule has 2 nitrogen and oxygen atoms in total. The summed E-state index contributed by atoms with van der Waals surface area (Å²) in [6.07, 6.45) is 1.51. The van der Waals surface area contributed by atoms with E-state index in [0.717, 1.165) is 25.1 Å². The van der Waals surface area contributed by atoms with Gasteiger partial charge in [0, 0.05) is 18.0 Å². The van der Waals surface area contributed by atoms with E-state index in [4.69, 9.17) is 0 Å². The van der Waals surface area contributed by atoms with Gasteiger partial charge in [0.25, 0.3) is 0 Å². The summed E-state index contributed by atoms with van der Waals surface area (Å²) in [4.78, 5) is 0. The smallest absolute Gasteiger partial charge is 0.0628 e. The highest BCUT2D eigenvalue weighted by Gasteiger charge is 1.99. The minimum atomic E-state index is -0.271. The third-order valence-electron chi connectivity index (χ3n) is 2.27. The van der Waals surface area contributed by atoms with Gasteiger partial charge in [0.1, 0.15) is 0 Å². The highest BCUT2D eigenvalue weighted by atomic mass is 32.1. The van der Waals surface area contributed by atoms with Crippen molar-refractivity contribution in [1.29, 1.82) is 0 Å². The van der Waals surface area contributed by atoms with E-state index in [1.54, 1.807) is 0 Å². The van der Waals surface area contributed by atoms with Gasteiger partial charge in [-0.2, -0.15) is 12.6 Å². The molecule has 3 heteroatoms. The first kappa shape index (κ1) is 12.4. The fraction of sp³-hybridized carbons (Fsp3) is 0.500. The summed E-state index contributed by atoms with van der Waals surface area (Å²) in [6.45, 7) is 2.98. The Labute approximate surface area is 97.1 Å². The van der Waals surface area contributed by atoms with Crippen molar-refractivity contribution in [2.75, 3.05) is 17.6 Å². The maximum Gasteiger partial charge on any atom is 0.0628 e. The number of nitrogens with one attached hydrogen (secondary N) is 1. The van der Waals surface area contributed by atoms with Crippen LogP contribution in [0.15, 0.2) is 24.3 Å². The van der Waals surface area contributed by atoms with E-state index in [1.807, 2.05) is 6.07 Å². The van der Waals surface area contributed by atoms with Crippen molar-refractivity contribution in [3.8, 4) is 0 Å². The average molecular weight is 225 g/mol. The Morgan fingerprint density at radius 1 is 1.47 bits per heavy atom. The maximum atomic E-state index is 9.30. The topological polar surface area (TPSA) is 32.3 Å². The largest absolute Gasteiger partial charge is 0.392 e. The van der Waals surface area contributed by atoms with Crippen molar-refractivity contribution >= 4 is 18.3 Å². The molecule has 0 saturated carbocycles. The number of rotatable bonds is 6. The molecule has 1 unspecified atom stereocenters. The Bertz CT molecular complexity index is 291. The van der Waals surface area contributed by atoms with Crippen LogP contribution < -0.4 is 5.32 Å². The summed E-state index contributed by atoms with van der Waals surface area (Å²) in [6, 6.07) is 8.30. The zero-order valence-corrected chi connectivity index (χ0v) is 10.0. The van der Waals surface area contributed by atoms with Crippen LogP contribution in [-0.2, 0) is 0 Å². The fourth-order valence-electron chi connectivity index (χ4n) is 1.42. The minimum Gasteiger partial charge on any atom is -0.392 e. The maximum absolute atomic E-state index is 9.30. The van der Waals surface area contributed by atoms with E-state index >= 15 is 0 Å². The molecule has 2 N–H and O–H groups in total. The molecule has 0 bridgehead atoms. The minimum absolute atomic E-state index is 0.271. The van der Waals surface area contributed by atoms with Crippen LogP contribution in [0.2, 0.25) is 0 Å². The molecule has 0 spiro atoms. The lowest BCUT2D eigenvalue weighted by atomic mass is 10.2. The van der Waals surface area contributed by atoms with Crippen molar-refractivity contribution in [3.63, 3.8) is 0 Å². The van der Waals surface area contributed by atoms with Gasteiger partial charge >= 0.3 is 0 Å². The molecule has 1 aromatic carbocycles. The summed E-state index contributed by atoms with van der Waals surface area (Å²) in [5.74, 6) is 0.546. The van der Waals surface area contributed by atoms with Gasteiger partial charge in [0.15, 0.2) is 0 Å². The first-order valence-corrected chi connectivity index (χ1v) is 5.95. The van der Waals surface area contributed by atoms with E-state index in [0.29, 0.717) is 5.75 Å². The highest BCUT2D eigenvalue weighted by molar-refractivity contribution is 7.80. The van der Waals surface area contributed by atoms with Gasteiger partial charge in [-0.3, -0.25) is 0 Å². The molecule has 0 radical (unpaired) electrons. The van der Waals surface area contributed by atoms with Gasteiger partial charge in [-0.15, -0.1) is 0 Å². The van der Waals surface area contributed by atoms with Crippen LogP contribution in [0.25, 0.3) is 0 Å². The van der Waals surface area contributed by atoms with Crippen molar-refractivity contribution in [2.24, 2.45) is 0 Å². The Balaban J connectivity index is 2.20. The van der Waals surface area contributed by atoms with E-state index in [2.05, 4.69) is 43.1 Å². The number of hydrogen-bond acceptors (Lipinski definition) is 3. The molecule has 0 aliphatic rings. The van der Waals surface area contributed by atoms with Gasteiger partial charge in [-0.1, -0.05) is 12.1 Å². The number of benzene rings is 1. The van der Waals surface area contributed by atoms with Crippen LogP contribution >= 0.6 is 12.6 Å². The predicted molar refractivity (Wildman–Crippen MR) is 68.8 cm³/mol. The zero-order chi connectivity index (χ0) is 11.1. The van der Waals surface area contributed by atoms with E-state index in [9.17, 15) is 5.11 Å². The summed E-state index contributed by atoms with van der Waals surface area (Å²) >= 11 is 4.03. The second-order valence-electron chi connectivity index (χ2n) is 3.77. The van der Waals surface area contributed by atoms with Gasteiger partial charge in [-0.05, 0) is 37.5 Å². The number of aliphatic hydroxyl groups is 1. The van der Waals surface area contributed by atoms with E-state index in [1.165, 1.54) is 5.56 Å². The van der Waals surface area contributed by atoms with Crippen molar-refractivity contribution in [3.05, 3.63) is 29.8 Å². The molecule has 0 aliphatic heterocycles. The van der Waals surface area contributed by atoms with Crippen LogP contribution in [0.1, 0.15) is 18.4 Å². The predicted octanol–water partition coefficient (Wildman–Crippen LogP) is 2.48. The molecular formula is C12H19NOS. The van der Waals surface area contributed by atoms with Crippen molar-refractivity contribution < 1.29 is 5.11 Å². The van der Waals surface area contributed by atoms with Crippen LogP contribution in [0.3, 0.4) is 0 Å². The molecule has 0 saturated heterocycles. The Morgan fingerprint density at radius 3 is 2.93 bits per heavy atom. The highest BCUT2D eigenvalue weighted by Crippen LogP contribution is 2.09. The normalized spacial score (nSPS) is 12.5. The summed E-state index contributed by atoms with van der Waals surface area (Å²) in [5, 5.41) is 12.6. The summed E-state index contributed by atoms with van der Waals surface area (Å²) in [7, 11) is 0. The first-order valence-electron chi connectivity index (χ1n) is 5.32. The van der Waals surface area contributed by atoms with Crippen LogP contribution in [-0.4, -0.2) is 23.5 Å². The fourth-order valence-corrected chi connectivity index (χ4v) is 1.60. The van der Waals surface area contributed by atoms with Crippen molar-refractivity contribution in [1.82, 2.24) is 0 Å². The molecule has 0 amide bonds. The molecule has 15 heavy (non-hydrogen) atoms. The Hall–Kier alpha value is -0.670. The Morgan fingerprint density at radius 2 is 2.27 bits per heavy atom. The number of thiol groups is 1. The first-order chi connectivity index (χ1) is 7.22. The van der Waals surface area contributed by atoms with E-state index < -0.39 is 0 Å². The SMILES string of the molecule is Cc1cccc(NCCCC(O)CS)c1. The standard InChI is InChI=1S/C12H19NOS/c1-10-4-2-5-11(8-10)13-7-3-6-12(14)9-15/h2,4-5,8,12-15H,3,6-7,9H2,1H3. The average Bonchev–Trinajstić information content (AvgIpc) is 2.24. The van der Waals surface area contributed by atoms with Gasteiger partial charge < -0.3 is 10.4 Å². The van der Waals surface area contributed by atoms with Gasteiger partial charge in [0.2, 0.25) is 0 Å². The molecular weight excluding hydrogens is 206 g/mol. The zero-order valence-electron chi connectivity index (χ0n) is 9.11. The third-order valence-corrected chi connectivity index (χ3v) is 2.69. The second-order valence-corrected chi connectivity index (χ2v) is 4.14. The van der Waals surface area contributed by atoms with Gasteiger partial charge in [0.05, 0.1) is 6.10 Å². The van der Waals surface area contributed by atoms with Crippen LogP contribution in [0.5, 0.6) is 0 Å². The number of aryl methyl sites for hydroxylation is 1. The second kappa shape index (κ2) is 6.75. The lowest BCUT2D eigenvalue weighted by Crippen LogP contribution is -2.11. The quantitative estimate of drug-likeness (QED) is 0.513. The lowest BCUT2D eigenvalue weighted by Gasteiger charge is -2.09. The van der Waals surface area contributed by atoms with Crippen LogP contribution in [0.4, 0.5) is 5.69 Å². The molecule has 1 atom stereocenters. The summed E-state index contributed by atoms with van der Waals surface area (Å²) < 4.78 is 0. The molecule has 0 fully saturated rings. The molecule has 1 rings (SSSR count). The monoisotopic (exact) mass is 225 g/mol. The Kier molecular flexibility index (Phi) is 5.58. The lowest BCUT2D eigenvalue weighted by molar-refractivity contribution is 0.188. The molecule has 0 aliphatic carbocycles. The summed E-state index contributed by atoms with van der Waals surface area (Å²) in [5.41, 5.74) is 2.41. The molecule has 0 aromatic heterocycles. The number of aliphatic hydroxyl groups excluding tert-OH is 1. The third kappa shape index (κ3) is 5.09. The number of anilines is 1. The van der Waals surface area contributed by atoms with E-state index in [-0.39, 0.29) is 6.10 Å². The molecule has 0 heterocycles. The molecule has 1 aromatic rings. The number of hydrogen-bond donors (Lipinski definition) is 3. The molecule has 84 valence electrons. The van der Waals surface area contributed by atoms with Crippen LogP contribution in [0, 0.1) is 6.92 Å². The van der Waals surface area contributed by atoms with Gasteiger partial charge in [-0.25, -0.2) is 0 Å². The van der Waals surface area contributed by atoms with Crippen molar-refractivity contribution in [2.45, 2.75) is 25.9 Å².